The lowest BCUT2D eigenvalue weighted by molar-refractivity contribution is -0.153. The van der Waals surface area contributed by atoms with Gasteiger partial charge in [0.2, 0.25) is 0 Å². The van der Waals surface area contributed by atoms with Crippen molar-refractivity contribution in [2.75, 3.05) is 6.54 Å². The average Bonchev–Trinajstić information content (AvgIpc) is 2.69. The van der Waals surface area contributed by atoms with E-state index in [-0.39, 0.29) is 12.5 Å². The molecule has 1 fully saturated rings. The predicted octanol–water partition coefficient (Wildman–Crippen LogP) is 2.99. The van der Waals surface area contributed by atoms with Crippen molar-refractivity contribution in [2.24, 2.45) is 5.41 Å². The molecule has 1 aromatic heterocycles. The monoisotopic (exact) mass is 295 g/mol. The molecule has 5 heteroatoms. The van der Waals surface area contributed by atoms with Crippen LogP contribution in [-0.2, 0) is 11.2 Å². The zero-order chi connectivity index (χ0) is 14.8. The first kappa shape index (κ1) is 15.0. The van der Waals surface area contributed by atoms with E-state index in [9.17, 15) is 14.7 Å². The zero-order valence-electron chi connectivity index (χ0n) is 12.0. The lowest BCUT2D eigenvalue weighted by Crippen LogP contribution is -2.47. The van der Waals surface area contributed by atoms with Crippen molar-refractivity contribution in [3.8, 4) is 0 Å². The number of amides is 1. The lowest BCUT2D eigenvalue weighted by Gasteiger charge is -2.37. The first-order valence-electron chi connectivity index (χ1n) is 7.09. The van der Waals surface area contributed by atoms with Gasteiger partial charge in [0, 0.05) is 11.4 Å². The second kappa shape index (κ2) is 5.95. The molecule has 4 nitrogen and oxygen atoms in total. The largest absolute Gasteiger partial charge is 0.481 e. The summed E-state index contributed by atoms with van der Waals surface area (Å²) < 4.78 is 0. The molecule has 110 valence electrons. The number of carboxylic acids is 1. The number of hydrogen-bond acceptors (Lipinski definition) is 3. The van der Waals surface area contributed by atoms with Gasteiger partial charge >= 0.3 is 5.97 Å². The van der Waals surface area contributed by atoms with Crippen LogP contribution in [0.25, 0.3) is 0 Å². The fraction of sp³-hybridized carbons (Fsp3) is 0.600. The van der Waals surface area contributed by atoms with Crippen LogP contribution in [-0.4, -0.2) is 23.5 Å². The van der Waals surface area contributed by atoms with Gasteiger partial charge in [0.25, 0.3) is 5.91 Å². The number of rotatable bonds is 6. The molecule has 1 aromatic rings. The van der Waals surface area contributed by atoms with Crippen molar-refractivity contribution >= 4 is 23.2 Å². The van der Waals surface area contributed by atoms with Crippen LogP contribution in [0, 0.1) is 12.3 Å². The predicted molar refractivity (Wildman–Crippen MR) is 79.3 cm³/mol. The summed E-state index contributed by atoms with van der Waals surface area (Å²) in [6.07, 6.45) is 4.29. The van der Waals surface area contributed by atoms with Gasteiger partial charge in [-0.15, -0.1) is 11.3 Å². The third kappa shape index (κ3) is 2.87. The van der Waals surface area contributed by atoms with Gasteiger partial charge in [0.15, 0.2) is 0 Å². The quantitative estimate of drug-likeness (QED) is 0.848. The van der Waals surface area contributed by atoms with Crippen LogP contribution in [0.5, 0.6) is 0 Å². The summed E-state index contributed by atoms with van der Waals surface area (Å²) in [6, 6.07) is 1.94. The summed E-state index contributed by atoms with van der Waals surface area (Å²) in [5.41, 5.74) is 0.494. The summed E-state index contributed by atoms with van der Waals surface area (Å²) in [7, 11) is 0. The Morgan fingerprint density at radius 1 is 1.45 bits per heavy atom. The molecular weight excluding hydrogens is 274 g/mol. The van der Waals surface area contributed by atoms with Crippen LogP contribution >= 0.6 is 11.3 Å². The first-order valence-corrected chi connectivity index (χ1v) is 7.91. The number of carboxylic acid groups (broad SMARTS) is 1. The summed E-state index contributed by atoms with van der Waals surface area (Å²) in [6.45, 7) is 4.38. The molecule has 20 heavy (non-hydrogen) atoms. The fourth-order valence-electron chi connectivity index (χ4n) is 2.56. The molecule has 0 atom stereocenters. The number of aliphatic carboxylic acids is 1. The normalized spacial score (nSPS) is 16.5. The molecular formula is C15H21NO3S. The molecule has 1 aliphatic rings. The first-order chi connectivity index (χ1) is 9.48. The maximum atomic E-state index is 12.1. The smallest absolute Gasteiger partial charge is 0.311 e. The minimum Gasteiger partial charge on any atom is -0.481 e. The Bertz CT molecular complexity index is 517. The molecule has 0 spiro atoms. The van der Waals surface area contributed by atoms with Crippen molar-refractivity contribution in [3.63, 3.8) is 0 Å². The molecule has 0 radical (unpaired) electrons. The summed E-state index contributed by atoms with van der Waals surface area (Å²) in [4.78, 5) is 25.2. The summed E-state index contributed by atoms with van der Waals surface area (Å²) >= 11 is 1.49. The Morgan fingerprint density at radius 2 is 2.15 bits per heavy atom. The molecule has 1 aliphatic carbocycles. The number of nitrogens with one attached hydrogen (secondary N) is 1. The molecule has 1 saturated carbocycles. The van der Waals surface area contributed by atoms with Gasteiger partial charge in [-0.3, -0.25) is 9.59 Å². The van der Waals surface area contributed by atoms with Crippen LogP contribution in [0.15, 0.2) is 6.07 Å². The van der Waals surface area contributed by atoms with E-state index in [0.717, 1.165) is 19.3 Å². The van der Waals surface area contributed by atoms with Gasteiger partial charge in [-0.05, 0) is 37.8 Å². The summed E-state index contributed by atoms with van der Waals surface area (Å²) in [5, 5.41) is 12.0. The highest BCUT2D eigenvalue weighted by atomic mass is 32.1. The van der Waals surface area contributed by atoms with Gasteiger partial charge in [0.05, 0.1) is 10.3 Å². The molecule has 0 bridgehead atoms. The van der Waals surface area contributed by atoms with Gasteiger partial charge in [-0.25, -0.2) is 0 Å². The number of carbonyl (C=O) groups excluding carboxylic acids is 1. The molecule has 0 unspecified atom stereocenters. The molecule has 0 aromatic carbocycles. The maximum Gasteiger partial charge on any atom is 0.311 e. The van der Waals surface area contributed by atoms with Crippen LogP contribution in [0.1, 0.15) is 52.7 Å². The van der Waals surface area contributed by atoms with Crippen LogP contribution in [0.3, 0.4) is 0 Å². The highest BCUT2D eigenvalue weighted by Gasteiger charge is 2.44. The standard InChI is InChI=1S/C15H21NO3S/c1-3-5-11-8-12(20-10(11)2)13(17)16-9-15(14(18)19)6-4-7-15/h8H,3-7,9H2,1-2H3,(H,16,17)(H,18,19). The molecule has 1 amide bonds. The van der Waals surface area contributed by atoms with Crippen LogP contribution in [0.4, 0.5) is 0 Å². The Kier molecular flexibility index (Phi) is 4.48. The number of aryl methyl sites for hydroxylation is 2. The molecule has 0 aliphatic heterocycles. The second-order valence-corrected chi connectivity index (χ2v) is 6.82. The van der Waals surface area contributed by atoms with Gasteiger partial charge in [-0.1, -0.05) is 19.8 Å². The Morgan fingerprint density at radius 3 is 2.65 bits per heavy atom. The number of hydrogen-bond donors (Lipinski definition) is 2. The molecule has 1 heterocycles. The Labute approximate surface area is 123 Å². The highest BCUT2D eigenvalue weighted by Crippen LogP contribution is 2.40. The maximum absolute atomic E-state index is 12.1. The zero-order valence-corrected chi connectivity index (χ0v) is 12.8. The van der Waals surface area contributed by atoms with Gasteiger partial charge in [0.1, 0.15) is 0 Å². The van der Waals surface area contributed by atoms with E-state index in [4.69, 9.17) is 0 Å². The molecule has 2 N–H and O–H groups in total. The van der Waals surface area contributed by atoms with E-state index < -0.39 is 11.4 Å². The minimum atomic E-state index is -0.793. The fourth-order valence-corrected chi connectivity index (χ4v) is 3.54. The van der Waals surface area contributed by atoms with E-state index in [1.807, 2.05) is 13.0 Å². The van der Waals surface area contributed by atoms with E-state index in [2.05, 4.69) is 12.2 Å². The van der Waals surface area contributed by atoms with Gasteiger partial charge < -0.3 is 10.4 Å². The van der Waals surface area contributed by atoms with Gasteiger partial charge in [-0.2, -0.15) is 0 Å². The highest BCUT2D eigenvalue weighted by molar-refractivity contribution is 7.14. The molecule has 0 saturated heterocycles. The van der Waals surface area contributed by atoms with Crippen molar-refractivity contribution in [2.45, 2.75) is 46.0 Å². The lowest BCUT2D eigenvalue weighted by atomic mass is 9.69. The topological polar surface area (TPSA) is 66.4 Å². The van der Waals surface area contributed by atoms with Crippen LogP contribution < -0.4 is 5.32 Å². The summed E-state index contributed by atoms with van der Waals surface area (Å²) in [5.74, 6) is -0.939. The van der Waals surface area contributed by atoms with Crippen molar-refractivity contribution in [1.29, 1.82) is 0 Å². The van der Waals surface area contributed by atoms with Crippen molar-refractivity contribution in [3.05, 3.63) is 21.4 Å². The average molecular weight is 295 g/mol. The van der Waals surface area contributed by atoms with Crippen molar-refractivity contribution < 1.29 is 14.7 Å². The Hall–Kier alpha value is -1.36. The third-order valence-electron chi connectivity index (χ3n) is 4.12. The molecule has 2 rings (SSSR count). The minimum absolute atomic E-state index is 0.145. The number of thiophene rings is 1. The Balaban J connectivity index is 1.98. The van der Waals surface area contributed by atoms with E-state index >= 15 is 0 Å². The van der Waals surface area contributed by atoms with E-state index in [0.29, 0.717) is 17.7 Å². The van der Waals surface area contributed by atoms with E-state index in [1.165, 1.54) is 21.8 Å². The number of carbonyl (C=O) groups is 2. The van der Waals surface area contributed by atoms with E-state index in [1.54, 1.807) is 0 Å². The SMILES string of the molecule is CCCc1cc(C(=O)NCC2(C(=O)O)CCC2)sc1C. The van der Waals surface area contributed by atoms with Crippen molar-refractivity contribution in [1.82, 2.24) is 5.32 Å². The van der Waals surface area contributed by atoms with Crippen LogP contribution in [0.2, 0.25) is 0 Å². The second-order valence-electron chi connectivity index (χ2n) is 5.56. The third-order valence-corrected chi connectivity index (χ3v) is 5.21.